The van der Waals surface area contributed by atoms with Crippen molar-refractivity contribution in [1.82, 2.24) is 20.1 Å². The topological polar surface area (TPSA) is 61.9 Å². The van der Waals surface area contributed by atoms with Crippen LogP contribution in [0.4, 0.5) is 0 Å². The Morgan fingerprint density at radius 3 is 2.70 bits per heavy atom. The van der Waals surface area contributed by atoms with E-state index in [9.17, 15) is 4.79 Å². The molecule has 1 saturated heterocycles. The maximum absolute atomic E-state index is 13.0. The highest BCUT2D eigenvalue weighted by Gasteiger charge is 2.28. The SMILES string of the molecule is O=C(c1n[nH]c2ccccc12)N1CCC(c2nc(-c3ccc(Cl)c(Cl)c3)cs2)CC1. The molecule has 0 aliphatic carbocycles. The summed E-state index contributed by atoms with van der Waals surface area (Å²) in [7, 11) is 0. The number of aromatic nitrogens is 3. The molecule has 0 bridgehead atoms. The Morgan fingerprint density at radius 1 is 1.10 bits per heavy atom. The normalized spacial score (nSPS) is 15.1. The molecule has 5 nitrogen and oxygen atoms in total. The Labute approximate surface area is 187 Å². The fourth-order valence-corrected chi connectivity index (χ4v) is 5.17. The number of hydrogen-bond acceptors (Lipinski definition) is 4. The number of amides is 1. The van der Waals surface area contributed by atoms with Crippen LogP contribution in [0.5, 0.6) is 0 Å². The van der Waals surface area contributed by atoms with Gasteiger partial charge in [-0.15, -0.1) is 11.3 Å². The summed E-state index contributed by atoms with van der Waals surface area (Å²) in [4.78, 5) is 19.7. The number of aromatic amines is 1. The number of nitrogens with zero attached hydrogens (tertiary/aromatic N) is 3. The van der Waals surface area contributed by atoms with Crippen molar-refractivity contribution < 1.29 is 4.79 Å². The second-order valence-corrected chi connectivity index (χ2v) is 9.09. The molecule has 1 N–H and O–H groups in total. The zero-order valence-electron chi connectivity index (χ0n) is 15.9. The minimum absolute atomic E-state index is 0.0125. The van der Waals surface area contributed by atoms with Gasteiger partial charge in [-0.2, -0.15) is 5.10 Å². The molecule has 8 heteroatoms. The highest BCUT2D eigenvalue weighted by atomic mass is 35.5. The van der Waals surface area contributed by atoms with Crippen molar-refractivity contribution in [3.8, 4) is 11.3 Å². The molecule has 1 amide bonds. The largest absolute Gasteiger partial charge is 0.337 e. The van der Waals surface area contributed by atoms with E-state index in [0.717, 1.165) is 40.0 Å². The number of carbonyl (C=O) groups is 1. The minimum atomic E-state index is -0.0125. The van der Waals surface area contributed by atoms with E-state index in [2.05, 4.69) is 15.6 Å². The number of H-pyrrole nitrogens is 1. The molecule has 0 unspecified atom stereocenters. The van der Waals surface area contributed by atoms with Crippen LogP contribution in [-0.4, -0.2) is 39.1 Å². The van der Waals surface area contributed by atoms with Crippen LogP contribution < -0.4 is 0 Å². The number of nitrogens with one attached hydrogen (secondary N) is 1. The fraction of sp³-hybridized carbons (Fsp3) is 0.227. The average molecular weight is 457 g/mol. The summed E-state index contributed by atoms with van der Waals surface area (Å²) in [5, 5.41) is 12.3. The lowest BCUT2D eigenvalue weighted by Crippen LogP contribution is -2.38. The molecule has 1 fully saturated rings. The van der Waals surface area contributed by atoms with Crippen molar-refractivity contribution in [2.75, 3.05) is 13.1 Å². The summed E-state index contributed by atoms with van der Waals surface area (Å²) in [6.45, 7) is 1.40. The van der Waals surface area contributed by atoms with Crippen molar-refractivity contribution in [3.63, 3.8) is 0 Å². The third-order valence-corrected chi connectivity index (χ3v) is 7.29. The fourth-order valence-electron chi connectivity index (χ4n) is 3.87. The van der Waals surface area contributed by atoms with E-state index in [1.807, 2.05) is 41.3 Å². The standard InChI is InChI=1S/C22H18Cl2N4OS/c23-16-6-5-14(11-17(16)24)19-12-30-21(25-19)13-7-9-28(10-8-13)22(29)20-15-3-1-2-4-18(15)26-27-20/h1-6,11-13H,7-10H2,(H,26,27). The maximum Gasteiger partial charge on any atom is 0.274 e. The molecule has 4 aromatic rings. The summed E-state index contributed by atoms with van der Waals surface area (Å²) in [5.74, 6) is 0.341. The molecule has 2 aromatic heterocycles. The average Bonchev–Trinajstić information content (AvgIpc) is 3.43. The van der Waals surface area contributed by atoms with Gasteiger partial charge in [-0.25, -0.2) is 4.98 Å². The van der Waals surface area contributed by atoms with Gasteiger partial charge < -0.3 is 4.90 Å². The monoisotopic (exact) mass is 456 g/mol. The first-order chi connectivity index (χ1) is 14.6. The quantitative estimate of drug-likeness (QED) is 0.410. The van der Waals surface area contributed by atoms with Gasteiger partial charge in [-0.1, -0.05) is 47.5 Å². The van der Waals surface area contributed by atoms with Gasteiger partial charge in [0, 0.05) is 35.3 Å². The molecule has 2 aromatic carbocycles. The van der Waals surface area contributed by atoms with E-state index in [-0.39, 0.29) is 5.91 Å². The predicted octanol–water partition coefficient (Wildman–Crippen LogP) is 6.01. The number of para-hydroxylation sites is 1. The van der Waals surface area contributed by atoms with Crippen LogP contribution in [0, 0.1) is 0 Å². The molecule has 5 rings (SSSR count). The smallest absolute Gasteiger partial charge is 0.274 e. The molecule has 1 aliphatic heterocycles. The van der Waals surface area contributed by atoms with Gasteiger partial charge in [-0.3, -0.25) is 9.89 Å². The lowest BCUT2D eigenvalue weighted by molar-refractivity contribution is 0.0709. The Bertz CT molecular complexity index is 1230. The van der Waals surface area contributed by atoms with Gasteiger partial charge in [0.05, 0.1) is 26.3 Å². The molecule has 0 spiro atoms. The number of halogens is 2. The summed E-state index contributed by atoms with van der Waals surface area (Å²) >= 11 is 13.8. The number of hydrogen-bond donors (Lipinski definition) is 1. The third-order valence-electron chi connectivity index (χ3n) is 5.54. The zero-order chi connectivity index (χ0) is 20.7. The van der Waals surface area contributed by atoms with Crippen LogP contribution in [0.1, 0.15) is 34.3 Å². The summed E-state index contributed by atoms with van der Waals surface area (Å²) in [5.41, 5.74) is 3.26. The van der Waals surface area contributed by atoms with Crippen LogP contribution >= 0.6 is 34.5 Å². The van der Waals surface area contributed by atoms with Gasteiger partial charge in [0.2, 0.25) is 0 Å². The highest BCUT2D eigenvalue weighted by Crippen LogP contribution is 2.35. The molecule has 152 valence electrons. The first-order valence-corrected chi connectivity index (χ1v) is 11.4. The Balaban J connectivity index is 1.27. The number of likely N-dealkylation sites (tertiary alicyclic amines) is 1. The van der Waals surface area contributed by atoms with Crippen molar-refractivity contribution in [3.05, 3.63) is 68.6 Å². The molecule has 0 atom stereocenters. The first kappa shape index (κ1) is 19.5. The number of rotatable bonds is 3. The summed E-state index contributed by atoms with van der Waals surface area (Å²) < 4.78 is 0. The Hall–Kier alpha value is -2.41. The van der Waals surface area contributed by atoms with E-state index in [1.165, 1.54) is 0 Å². The maximum atomic E-state index is 13.0. The number of carbonyl (C=O) groups excluding carboxylic acids is 1. The van der Waals surface area contributed by atoms with Crippen molar-refractivity contribution >= 4 is 51.3 Å². The van der Waals surface area contributed by atoms with E-state index < -0.39 is 0 Å². The Morgan fingerprint density at radius 2 is 1.90 bits per heavy atom. The summed E-state index contributed by atoms with van der Waals surface area (Å²) in [6.07, 6.45) is 1.78. The second-order valence-electron chi connectivity index (χ2n) is 7.38. The number of thiazole rings is 1. The van der Waals surface area contributed by atoms with E-state index in [4.69, 9.17) is 28.2 Å². The molecule has 3 heterocycles. The van der Waals surface area contributed by atoms with Crippen LogP contribution in [0.25, 0.3) is 22.2 Å². The lowest BCUT2D eigenvalue weighted by Gasteiger charge is -2.30. The van der Waals surface area contributed by atoms with Crippen molar-refractivity contribution in [2.45, 2.75) is 18.8 Å². The molecular formula is C22H18Cl2N4OS. The molecule has 0 saturated carbocycles. The second kappa shape index (κ2) is 8.02. The lowest BCUT2D eigenvalue weighted by atomic mass is 9.97. The van der Waals surface area contributed by atoms with Crippen molar-refractivity contribution in [2.24, 2.45) is 0 Å². The number of benzene rings is 2. The van der Waals surface area contributed by atoms with Crippen molar-refractivity contribution in [1.29, 1.82) is 0 Å². The number of piperidine rings is 1. The van der Waals surface area contributed by atoms with Crippen LogP contribution in [0.2, 0.25) is 10.0 Å². The first-order valence-electron chi connectivity index (χ1n) is 9.73. The Kier molecular flexibility index (Phi) is 5.23. The highest BCUT2D eigenvalue weighted by molar-refractivity contribution is 7.10. The number of fused-ring (bicyclic) bond motifs is 1. The van der Waals surface area contributed by atoms with E-state index >= 15 is 0 Å². The van der Waals surface area contributed by atoms with Gasteiger partial charge >= 0.3 is 0 Å². The zero-order valence-corrected chi connectivity index (χ0v) is 18.3. The van der Waals surface area contributed by atoms with Gasteiger partial charge in [0.1, 0.15) is 0 Å². The molecule has 30 heavy (non-hydrogen) atoms. The van der Waals surface area contributed by atoms with Crippen LogP contribution in [-0.2, 0) is 0 Å². The minimum Gasteiger partial charge on any atom is -0.337 e. The van der Waals surface area contributed by atoms with E-state index in [1.54, 1.807) is 17.4 Å². The summed E-state index contributed by atoms with van der Waals surface area (Å²) in [6, 6.07) is 13.3. The van der Waals surface area contributed by atoms with Crippen LogP contribution in [0.3, 0.4) is 0 Å². The van der Waals surface area contributed by atoms with Crippen LogP contribution in [0.15, 0.2) is 47.8 Å². The third kappa shape index (κ3) is 3.60. The molecular weight excluding hydrogens is 439 g/mol. The van der Waals surface area contributed by atoms with E-state index in [0.29, 0.717) is 34.7 Å². The molecule has 0 radical (unpaired) electrons. The molecule has 1 aliphatic rings. The van der Waals surface area contributed by atoms with Gasteiger partial charge in [-0.05, 0) is 31.0 Å². The van der Waals surface area contributed by atoms with Gasteiger partial charge in [0.25, 0.3) is 5.91 Å². The predicted molar refractivity (Wildman–Crippen MR) is 122 cm³/mol. The van der Waals surface area contributed by atoms with Gasteiger partial charge in [0.15, 0.2) is 5.69 Å².